The first-order valence-corrected chi connectivity index (χ1v) is 11.7. The quantitative estimate of drug-likeness (QED) is 0.632. The van der Waals surface area contributed by atoms with Gasteiger partial charge in [0.25, 0.3) is 5.91 Å². The third-order valence-electron chi connectivity index (χ3n) is 6.68. The summed E-state index contributed by atoms with van der Waals surface area (Å²) in [4.78, 5) is 28.3. The maximum absolute atomic E-state index is 13.2. The van der Waals surface area contributed by atoms with E-state index in [9.17, 15) is 22.8 Å². The summed E-state index contributed by atoms with van der Waals surface area (Å²) in [5, 5.41) is 2.77. The number of nitrogens with zero attached hydrogens (tertiary/aromatic N) is 2. The van der Waals surface area contributed by atoms with E-state index in [2.05, 4.69) is 10.1 Å². The zero-order valence-electron chi connectivity index (χ0n) is 20.9. The van der Waals surface area contributed by atoms with Crippen molar-refractivity contribution in [1.29, 1.82) is 0 Å². The lowest BCUT2D eigenvalue weighted by atomic mass is 9.94. The standard InChI is InChI=1S/C26H30F3N3O4/c1-15(30-23(33)16-6-9-21-17(10-16)14-35-25(21,2)3)20-8-7-19(11-22(20)36-26(27,28)29)32-12-18(13-32)24(34)31(4)5/h6-11,15,18H,12-14H2,1-5H3,(H,30,33)/t15-/m0/s1. The number of fused-ring (bicyclic) bond motifs is 1. The number of alkyl halides is 3. The number of amides is 2. The molecule has 1 saturated heterocycles. The summed E-state index contributed by atoms with van der Waals surface area (Å²) in [5.74, 6) is -1.02. The van der Waals surface area contributed by atoms with Crippen LogP contribution in [0, 0.1) is 5.92 Å². The minimum Gasteiger partial charge on any atom is -0.405 e. The van der Waals surface area contributed by atoms with E-state index in [1.165, 1.54) is 17.0 Å². The summed E-state index contributed by atoms with van der Waals surface area (Å²) in [6, 6.07) is 9.01. The molecule has 2 heterocycles. The molecule has 2 aromatic carbocycles. The molecule has 0 saturated carbocycles. The number of halogens is 3. The van der Waals surface area contributed by atoms with Gasteiger partial charge in [-0.25, -0.2) is 0 Å². The van der Waals surface area contributed by atoms with Crippen molar-refractivity contribution in [3.05, 3.63) is 58.7 Å². The molecule has 0 radical (unpaired) electrons. The highest BCUT2D eigenvalue weighted by molar-refractivity contribution is 5.94. The van der Waals surface area contributed by atoms with E-state index in [0.717, 1.165) is 11.1 Å². The van der Waals surface area contributed by atoms with Crippen LogP contribution >= 0.6 is 0 Å². The summed E-state index contributed by atoms with van der Waals surface area (Å²) in [7, 11) is 3.34. The Bertz CT molecular complexity index is 1170. The van der Waals surface area contributed by atoms with Gasteiger partial charge in [-0.1, -0.05) is 12.1 Å². The lowest BCUT2D eigenvalue weighted by molar-refractivity contribution is -0.274. The second-order valence-electron chi connectivity index (χ2n) is 9.97. The van der Waals surface area contributed by atoms with Crippen LogP contribution in [0.2, 0.25) is 0 Å². The van der Waals surface area contributed by atoms with Crippen molar-refractivity contribution in [1.82, 2.24) is 10.2 Å². The number of benzene rings is 2. The van der Waals surface area contributed by atoms with Gasteiger partial charge in [-0.3, -0.25) is 9.59 Å². The second kappa shape index (κ2) is 9.31. The van der Waals surface area contributed by atoms with E-state index >= 15 is 0 Å². The molecule has 36 heavy (non-hydrogen) atoms. The van der Waals surface area contributed by atoms with Crippen molar-refractivity contribution >= 4 is 17.5 Å². The molecule has 4 rings (SSSR count). The minimum atomic E-state index is -4.90. The smallest absolute Gasteiger partial charge is 0.405 e. The average molecular weight is 506 g/mol. The normalized spacial score (nSPS) is 17.7. The first kappa shape index (κ1) is 25.8. The van der Waals surface area contributed by atoms with Crippen LogP contribution in [0.4, 0.5) is 18.9 Å². The first-order chi connectivity index (χ1) is 16.7. The Labute approximate surface area is 208 Å². The van der Waals surface area contributed by atoms with Gasteiger partial charge < -0.3 is 24.6 Å². The van der Waals surface area contributed by atoms with Gasteiger partial charge in [0.15, 0.2) is 0 Å². The van der Waals surface area contributed by atoms with Crippen molar-refractivity contribution in [2.24, 2.45) is 5.92 Å². The predicted octanol–water partition coefficient (Wildman–Crippen LogP) is 4.37. The fourth-order valence-electron chi connectivity index (χ4n) is 4.64. The van der Waals surface area contributed by atoms with Gasteiger partial charge in [0.2, 0.25) is 5.91 Å². The van der Waals surface area contributed by atoms with E-state index in [1.54, 1.807) is 39.2 Å². The van der Waals surface area contributed by atoms with Crippen molar-refractivity contribution < 1.29 is 32.2 Å². The SMILES string of the molecule is C[C@H](NC(=O)c1ccc2c(c1)COC2(C)C)c1ccc(N2CC(C(=O)N(C)C)C2)cc1OC(F)(F)F. The van der Waals surface area contributed by atoms with Crippen LogP contribution in [0.25, 0.3) is 0 Å². The molecule has 0 spiro atoms. The Balaban J connectivity index is 1.51. The molecular weight excluding hydrogens is 475 g/mol. The van der Waals surface area contributed by atoms with Gasteiger partial charge in [-0.05, 0) is 50.1 Å². The fourth-order valence-corrected chi connectivity index (χ4v) is 4.64. The Hall–Kier alpha value is -3.27. The third-order valence-corrected chi connectivity index (χ3v) is 6.68. The molecular formula is C26H30F3N3O4. The Morgan fingerprint density at radius 3 is 2.50 bits per heavy atom. The highest BCUT2D eigenvalue weighted by Gasteiger charge is 2.36. The Morgan fingerprint density at radius 2 is 1.86 bits per heavy atom. The second-order valence-corrected chi connectivity index (χ2v) is 9.97. The largest absolute Gasteiger partial charge is 0.573 e. The maximum atomic E-state index is 13.2. The van der Waals surface area contributed by atoms with E-state index in [4.69, 9.17) is 4.74 Å². The molecule has 194 valence electrons. The Morgan fingerprint density at radius 1 is 1.17 bits per heavy atom. The van der Waals surface area contributed by atoms with Crippen LogP contribution < -0.4 is 15.0 Å². The number of carbonyl (C=O) groups excluding carboxylic acids is 2. The van der Waals surface area contributed by atoms with Gasteiger partial charge in [0.1, 0.15) is 5.75 Å². The predicted molar refractivity (Wildman–Crippen MR) is 128 cm³/mol. The molecule has 10 heteroatoms. The first-order valence-electron chi connectivity index (χ1n) is 11.7. The van der Waals surface area contributed by atoms with Crippen molar-refractivity contribution in [3.63, 3.8) is 0 Å². The zero-order valence-corrected chi connectivity index (χ0v) is 20.9. The molecule has 2 aromatic rings. The van der Waals surface area contributed by atoms with Gasteiger partial charge in [-0.2, -0.15) is 0 Å². The lowest BCUT2D eigenvalue weighted by Crippen LogP contribution is -2.53. The summed E-state index contributed by atoms with van der Waals surface area (Å²) < 4.78 is 49.7. The summed E-state index contributed by atoms with van der Waals surface area (Å²) in [5.41, 5.74) is 2.58. The average Bonchev–Trinajstić information content (AvgIpc) is 3.05. The van der Waals surface area contributed by atoms with Crippen molar-refractivity contribution in [2.45, 2.75) is 45.4 Å². The number of nitrogens with one attached hydrogen (secondary N) is 1. The molecule has 0 bridgehead atoms. The van der Waals surface area contributed by atoms with E-state index in [-0.39, 0.29) is 23.1 Å². The van der Waals surface area contributed by atoms with Crippen LogP contribution in [-0.2, 0) is 21.7 Å². The van der Waals surface area contributed by atoms with Crippen molar-refractivity contribution in [2.75, 3.05) is 32.1 Å². The molecule has 0 aromatic heterocycles. The number of hydrogen-bond acceptors (Lipinski definition) is 5. The molecule has 2 aliphatic heterocycles. The number of hydrogen-bond donors (Lipinski definition) is 1. The van der Waals surface area contributed by atoms with Gasteiger partial charge in [0.05, 0.1) is 24.2 Å². The molecule has 1 fully saturated rings. The molecule has 2 amide bonds. The van der Waals surface area contributed by atoms with Crippen LogP contribution in [0.15, 0.2) is 36.4 Å². The zero-order chi connectivity index (χ0) is 26.4. The molecule has 7 nitrogen and oxygen atoms in total. The number of carbonyl (C=O) groups is 2. The highest BCUT2D eigenvalue weighted by Crippen LogP contribution is 2.38. The van der Waals surface area contributed by atoms with Gasteiger partial charge in [-0.15, -0.1) is 13.2 Å². The number of rotatable bonds is 6. The molecule has 1 atom stereocenters. The fraction of sp³-hybridized carbons (Fsp3) is 0.462. The topological polar surface area (TPSA) is 71.1 Å². The molecule has 0 aliphatic carbocycles. The molecule has 0 unspecified atom stereocenters. The maximum Gasteiger partial charge on any atom is 0.573 e. The monoisotopic (exact) mass is 505 g/mol. The summed E-state index contributed by atoms with van der Waals surface area (Å²) in [6.45, 7) is 6.71. The molecule has 1 N–H and O–H groups in total. The van der Waals surface area contributed by atoms with E-state index < -0.39 is 23.9 Å². The highest BCUT2D eigenvalue weighted by atomic mass is 19.4. The van der Waals surface area contributed by atoms with Crippen LogP contribution in [0.1, 0.15) is 53.9 Å². The summed E-state index contributed by atoms with van der Waals surface area (Å²) in [6.07, 6.45) is -4.90. The Kier molecular flexibility index (Phi) is 6.68. The van der Waals surface area contributed by atoms with Crippen molar-refractivity contribution in [3.8, 4) is 5.75 Å². The lowest BCUT2D eigenvalue weighted by Gasteiger charge is -2.41. The summed E-state index contributed by atoms with van der Waals surface area (Å²) >= 11 is 0. The van der Waals surface area contributed by atoms with Gasteiger partial charge in [0, 0.05) is 50.1 Å². The van der Waals surface area contributed by atoms with Crippen LogP contribution in [-0.4, -0.2) is 50.3 Å². The molecule has 2 aliphatic rings. The number of anilines is 1. The van der Waals surface area contributed by atoms with Gasteiger partial charge >= 0.3 is 6.36 Å². The third kappa shape index (κ3) is 5.28. The van der Waals surface area contributed by atoms with E-state index in [0.29, 0.717) is 30.9 Å². The van der Waals surface area contributed by atoms with Crippen LogP contribution in [0.3, 0.4) is 0 Å². The number of ether oxygens (including phenoxy) is 2. The van der Waals surface area contributed by atoms with Crippen LogP contribution in [0.5, 0.6) is 5.75 Å². The minimum absolute atomic E-state index is 0.0207. The van der Waals surface area contributed by atoms with E-state index in [1.807, 2.05) is 24.8 Å².